The van der Waals surface area contributed by atoms with Crippen LogP contribution in [0.25, 0.3) is 5.69 Å². The monoisotopic (exact) mass is 564 g/mol. The second-order valence-corrected chi connectivity index (χ2v) is 10.9. The number of ketones is 1. The number of nitrogens with one attached hydrogen (secondary N) is 1. The van der Waals surface area contributed by atoms with Crippen LogP contribution in [0.5, 0.6) is 0 Å². The molecule has 0 bridgehead atoms. The number of nitrogens with two attached hydrogens (primary N) is 1. The summed E-state index contributed by atoms with van der Waals surface area (Å²) in [7, 11) is 1.40. The summed E-state index contributed by atoms with van der Waals surface area (Å²) < 4.78 is 1.45. The van der Waals surface area contributed by atoms with Gasteiger partial charge in [-0.15, -0.1) is 6.58 Å². The van der Waals surface area contributed by atoms with E-state index in [4.69, 9.17) is 10.7 Å². The maximum atomic E-state index is 13.7. The summed E-state index contributed by atoms with van der Waals surface area (Å²) in [5.74, 6) is -0.685. The Morgan fingerprint density at radius 2 is 1.85 bits per heavy atom. The van der Waals surface area contributed by atoms with E-state index in [2.05, 4.69) is 11.9 Å². The van der Waals surface area contributed by atoms with Gasteiger partial charge in [-0.1, -0.05) is 19.9 Å². The molecule has 41 heavy (non-hydrogen) atoms. The number of carbonyl (C=O) groups excluding carboxylic acids is 4. The molecule has 3 atom stereocenters. The molecule has 0 saturated heterocycles. The number of rotatable bonds is 12. The number of imide groups is 1. The molecule has 2 aromatic rings. The first-order chi connectivity index (χ1) is 19.4. The normalized spacial score (nSPS) is 16.0. The van der Waals surface area contributed by atoms with Crippen molar-refractivity contribution < 1.29 is 19.2 Å². The van der Waals surface area contributed by atoms with Crippen LogP contribution in [0, 0.1) is 5.92 Å². The number of amides is 3. The summed E-state index contributed by atoms with van der Waals surface area (Å²) in [6.07, 6.45) is 3.35. The van der Waals surface area contributed by atoms with Crippen molar-refractivity contribution in [3.63, 3.8) is 0 Å². The minimum absolute atomic E-state index is 0.0204. The van der Waals surface area contributed by atoms with Crippen LogP contribution in [0.3, 0.4) is 0 Å². The smallest absolute Gasteiger partial charge is 0.263 e. The van der Waals surface area contributed by atoms with Crippen molar-refractivity contribution in [3.8, 4) is 5.69 Å². The number of benzene rings is 1. The van der Waals surface area contributed by atoms with Gasteiger partial charge in [-0.2, -0.15) is 0 Å². The average molecular weight is 565 g/mol. The van der Waals surface area contributed by atoms with Crippen LogP contribution < -0.4 is 16.6 Å². The molecule has 220 valence electrons. The standard InChI is InChI=1S/C30H40N6O5/c1-7-19(4)32-30-33-24-16-35(17-37)20(5)15-23(24)29(41)36(30)22-13-11-21(12-14-22)28(40)34(6)26(39)10-8-9-25(38)27(31)18(2)3/h7,11-14,17-20,27H,1,8-10,15-16,31H2,2-6H3,(H,32,33)/t19-,20+,27?/m0/s1. The van der Waals surface area contributed by atoms with E-state index in [0.29, 0.717) is 35.7 Å². The number of anilines is 1. The highest BCUT2D eigenvalue weighted by Gasteiger charge is 2.28. The molecule has 3 N–H and O–H groups in total. The molecule has 1 aliphatic rings. The zero-order valence-electron chi connectivity index (χ0n) is 24.4. The van der Waals surface area contributed by atoms with Gasteiger partial charge in [-0.05, 0) is 56.9 Å². The first-order valence-corrected chi connectivity index (χ1v) is 13.8. The van der Waals surface area contributed by atoms with Gasteiger partial charge in [0.1, 0.15) is 5.78 Å². The minimum atomic E-state index is -0.564. The molecule has 1 aromatic carbocycles. The van der Waals surface area contributed by atoms with Gasteiger partial charge in [0.25, 0.3) is 11.5 Å². The van der Waals surface area contributed by atoms with Crippen molar-refractivity contribution in [2.24, 2.45) is 11.7 Å². The second-order valence-electron chi connectivity index (χ2n) is 10.9. The molecule has 11 heteroatoms. The summed E-state index contributed by atoms with van der Waals surface area (Å²) in [4.78, 5) is 70.3. The number of fused-ring (bicyclic) bond motifs is 1. The van der Waals surface area contributed by atoms with Gasteiger partial charge in [-0.25, -0.2) is 9.55 Å². The molecule has 3 amide bonds. The van der Waals surface area contributed by atoms with Gasteiger partial charge >= 0.3 is 0 Å². The van der Waals surface area contributed by atoms with Crippen LogP contribution >= 0.6 is 0 Å². The number of Topliss-reactive ketones (excluding diaryl/α,β-unsaturated/α-hetero) is 1. The molecular formula is C30H40N6O5. The highest BCUT2D eigenvalue weighted by molar-refractivity contribution is 6.04. The Balaban J connectivity index is 1.82. The van der Waals surface area contributed by atoms with Crippen LogP contribution in [0.2, 0.25) is 0 Å². The Morgan fingerprint density at radius 1 is 1.20 bits per heavy atom. The van der Waals surface area contributed by atoms with Crippen LogP contribution in [0.4, 0.5) is 5.95 Å². The van der Waals surface area contributed by atoms with Crippen molar-refractivity contribution >= 4 is 30.0 Å². The molecule has 1 aromatic heterocycles. The minimum Gasteiger partial charge on any atom is -0.349 e. The van der Waals surface area contributed by atoms with Crippen LogP contribution in [-0.4, -0.2) is 68.5 Å². The van der Waals surface area contributed by atoms with Gasteiger partial charge in [0, 0.05) is 43.1 Å². The van der Waals surface area contributed by atoms with E-state index in [-0.39, 0.29) is 54.3 Å². The maximum absolute atomic E-state index is 13.7. The fraction of sp³-hybridized carbons (Fsp3) is 0.467. The van der Waals surface area contributed by atoms with Crippen molar-refractivity contribution in [1.82, 2.24) is 19.4 Å². The Kier molecular flexibility index (Phi) is 10.3. The summed E-state index contributed by atoms with van der Waals surface area (Å²) >= 11 is 0. The largest absolute Gasteiger partial charge is 0.349 e. The van der Waals surface area contributed by atoms with Crippen LogP contribution in [0.1, 0.15) is 68.6 Å². The lowest BCUT2D eigenvalue weighted by Gasteiger charge is -2.31. The molecule has 0 saturated carbocycles. The highest BCUT2D eigenvalue weighted by atomic mass is 16.2. The molecule has 11 nitrogen and oxygen atoms in total. The number of aromatic nitrogens is 2. The predicted molar refractivity (Wildman–Crippen MR) is 157 cm³/mol. The molecule has 2 heterocycles. The molecule has 1 unspecified atom stereocenters. The summed E-state index contributed by atoms with van der Waals surface area (Å²) in [5, 5.41) is 3.18. The predicted octanol–water partition coefficient (Wildman–Crippen LogP) is 2.44. The van der Waals surface area contributed by atoms with E-state index in [1.807, 2.05) is 27.7 Å². The highest BCUT2D eigenvalue weighted by Crippen LogP contribution is 2.23. The molecule has 0 aliphatic carbocycles. The van der Waals surface area contributed by atoms with E-state index < -0.39 is 17.9 Å². The Bertz CT molecular complexity index is 1370. The first kappa shape index (κ1) is 31.4. The van der Waals surface area contributed by atoms with Crippen LogP contribution in [0.15, 0.2) is 41.7 Å². The van der Waals surface area contributed by atoms with Gasteiger partial charge in [0.15, 0.2) is 0 Å². The van der Waals surface area contributed by atoms with Gasteiger partial charge in [0.05, 0.1) is 24.0 Å². The summed E-state index contributed by atoms with van der Waals surface area (Å²) in [6, 6.07) is 5.44. The summed E-state index contributed by atoms with van der Waals surface area (Å²) in [6.45, 7) is 11.5. The van der Waals surface area contributed by atoms with Gasteiger partial charge < -0.3 is 16.0 Å². The zero-order chi connectivity index (χ0) is 30.4. The molecule has 0 radical (unpaired) electrons. The third-order valence-electron chi connectivity index (χ3n) is 7.46. The number of carbonyl (C=O) groups is 4. The van der Waals surface area contributed by atoms with Crippen molar-refractivity contribution in [1.29, 1.82) is 0 Å². The number of hydrogen-bond donors (Lipinski definition) is 2. The zero-order valence-corrected chi connectivity index (χ0v) is 24.4. The third-order valence-corrected chi connectivity index (χ3v) is 7.46. The van der Waals surface area contributed by atoms with Crippen molar-refractivity contribution in [2.45, 2.75) is 78.0 Å². The van der Waals surface area contributed by atoms with Crippen molar-refractivity contribution in [3.05, 3.63) is 64.1 Å². The lowest BCUT2D eigenvalue weighted by molar-refractivity contribution is -0.128. The lowest BCUT2D eigenvalue weighted by atomic mass is 9.97. The second kappa shape index (κ2) is 13.5. The lowest BCUT2D eigenvalue weighted by Crippen LogP contribution is -2.42. The molecule has 3 rings (SSSR count). The van der Waals surface area contributed by atoms with E-state index in [1.54, 1.807) is 35.2 Å². The molecule has 0 spiro atoms. The van der Waals surface area contributed by atoms with E-state index in [9.17, 15) is 24.0 Å². The maximum Gasteiger partial charge on any atom is 0.263 e. The first-order valence-electron chi connectivity index (χ1n) is 13.8. The van der Waals surface area contributed by atoms with Gasteiger partial charge in [-0.3, -0.25) is 28.9 Å². The quantitative estimate of drug-likeness (QED) is 0.295. The van der Waals surface area contributed by atoms with E-state index in [0.717, 1.165) is 11.3 Å². The van der Waals surface area contributed by atoms with E-state index >= 15 is 0 Å². The van der Waals surface area contributed by atoms with Crippen LogP contribution in [-0.2, 0) is 27.3 Å². The SMILES string of the molecule is C=C[C@H](C)Nc1nc2c(c(=O)n1-c1ccc(C(=O)N(C)C(=O)CCCC(=O)C(N)C(C)C)cc1)C[C@@H](C)N(C=O)C2. The molecular weight excluding hydrogens is 524 g/mol. The Morgan fingerprint density at radius 3 is 2.44 bits per heavy atom. The Hall–Kier alpha value is -4.12. The topological polar surface area (TPSA) is 148 Å². The number of nitrogens with zero attached hydrogens (tertiary/aromatic N) is 4. The fourth-order valence-electron chi connectivity index (χ4n) is 4.60. The van der Waals surface area contributed by atoms with Crippen molar-refractivity contribution in [2.75, 3.05) is 12.4 Å². The fourth-order valence-corrected chi connectivity index (χ4v) is 4.60. The Labute approximate surface area is 240 Å². The molecule has 0 fully saturated rings. The number of hydrogen-bond acceptors (Lipinski definition) is 8. The van der Waals surface area contributed by atoms with E-state index in [1.165, 1.54) is 11.6 Å². The third kappa shape index (κ3) is 7.15. The average Bonchev–Trinajstić information content (AvgIpc) is 2.96. The summed E-state index contributed by atoms with van der Waals surface area (Å²) in [5.41, 5.74) is 7.43. The molecule has 1 aliphatic heterocycles. The van der Waals surface area contributed by atoms with Gasteiger partial charge in [0.2, 0.25) is 18.3 Å².